The van der Waals surface area contributed by atoms with Gasteiger partial charge in [0.05, 0.1) is 10.7 Å². The van der Waals surface area contributed by atoms with E-state index in [2.05, 4.69) is 39.9 Å². The van der Waals surface area contributed by atoms with Crippen molar-refractivity contribution in [2.45, 2.75) is 53.9 Å². The van der Waals surface area contributed by atoms with E-state index in [1.165, 1.54) is 28.4 Å². The van der Waals surface area contributed by atoms with Gasteiger partial charge in [-0.3, -0.25) is 0 Å². The molecule has 0 bridgehead atoms. The minimum Gasteiger partial charge on any atom is -0.316 e. The van der Waals surface area contributed by atoms with Crippen LogP contribution in [-0.2, 0) is 6.42 Å². The monoisotopic (exact) mass is 280 g/mol. The van der Waals surface area contributed by atoms with Crippen molar-refractivity contribution in [3.8, 4) is 0 Å². The van der Waals surface area contributed by atoms with E-state index in [0.29, 0.717) is 5.41 Å². The largest absolute Gasteiger partial charge is 0.316 e. The van der Waals surface area contributed by atoms with E-state index in [1.807, 2.05) is 11.3 Å². The highest BCUT2D eigenvalue weighted by atomic mass is 32.1. The van der Waals surface area contributed by atoms with E-state index in [0.717, 1.165) is 31.3 Å². The van der Waals surface area contributed by atoms with Crippen molar-refractivity contribution in [2.24, 2.45) is 17.3 Å². The third-order valence-electron chi connectivity index (χ3n) is 4.27. The van der Waals surface area contributed by atoms with E-state index in [4.69, 9.17) is 4.98 Å². The number of rotatable bonds is 7. The van der Waals surface area contributed by atoms with Crippen LogP contribution in [0, 0.1) is 31.1 Å². The second-order valence-corrected chi connectivity index (χ2v) is 8.17. The molecule has 1 unspecified atom stereocenters. The number of hydrogen-bond acceptors (Lipinski definition) is 3. The Hall–Kier alpha value is -0.410. The second-order valence-electron chi connectivity index (χ2n) is 6.88. The third-order valence-corrected chi connectivity index (χ3v) is 5.35. The van der Waals surface area contributed by atoms with Gasteiger partial charge < -0.3 is 5.32 Å². The highest BCUT2D eigenvalue weighted by Crippen LogP contribution is 2.47. The fraction of sp³-hybridized carbons (Fsp3) is 0.812. The third kappa shape index (κ3) is 4.03. The van der Waals surface area contributed by atoms with Crippen LogP contribution in [0.1, 0.15) is 49.2 Å². The summed E-state index contributed by atoms with van der Waals surface area (Å²) < 4.78 is 0. The summed E-state index contributed by atoms with van der Waals surface area (Å²) in [5.41, 5.74) is 1.61. The molecule has 1 aromatic heterocycles. The maximum Gasteiger partial charge on any atom is 0.0936 e. The predicted molar refractivity (Wildman–Crippen MR) is 83.8 cm³/mol. The SMILES string of the molecule is Cc1nc(CC(C)(CNCC(C)C)C2CC2)sc1C. The van der Waals surface area contributed by atoms with Crippen molar-refractivity contribution < 1.29 is 0 Å². The maximum atomic E-state index is 4.74. The molecule has 0 radical (unpaired) electrons. The zero-order valence-electron chi connectivity index (χ0n) is 13.0. The van der Waals surface area contributed by atoms with Crippen molar-refractivity contribution in [1.29, 1.82) is 0 Å². The first-order valence-electron chi connectivity index (χ1n) is 7.54. The Morgan fingerprint density at radius 3 is 2.53 bits per heavy atom. The molecule has 2 nitrogen and oxygen atoms in total. The normalized spacial score (nSPS) is 18.8. The second kappa shape index (κ2) is 5.92. The summed E-state index contributed by atoms with van der Waals surface area (Å²) in [5.74, 6) is 1.63. The van der Waals surface area contributed by atoms with Gasteiger partial charge in [0.1, 0.15) is 0 Å². The smallest absolute Gasteiger partial charge is 0.0936 e. The first-order chi connectivity index (χ1) is 8.90. The molecule has 108 valence electrons. The van der Waals surface area contributed by atoms with Gasteiger partial charge in [-0.05, 0) is 50.5 Å². The first-order valence-corrected chi connectivity index (χ1v) is 8.36. The Morgan fingerprint density at radius 2 is 2.05 bits per heavy atom. The summed E-state index contributed by atoms with van der Waals surface area (Å²) in [4.78, 5) is 6.12. The van der Waals surface area contributed by atoms with Crippen LogP contribution in [0.5, 0.6) is 0 Å². The highest BCUT2D eigenvalue weighted by Gasteiger charge is 2.41. The summed E-state index contributed by atoms with van der Waals surface area (Å²) in [6.07, 6.45) is 3.95. The van der Waals surface area contributed by atoms with Crippen LogP contribution < -0.4 is 5.32 Å². The Kier molecular flexibility index (Phi) is 4.67. The van der Waals surface area contributed by atoms with E-state index >= 15 is 0 Å². The highest BCUT2D eigenvalue weighted by molar-refractivity contribution is 7.11. The number of thiazole rings is 1. The molecular formula is C16H28N2S. The quantitative estimate of drug-likeness (QED) is 0.817. The van der Waals surface area contributed by atoms with Crippen LogP contribution in [0.15, 0.2) is 0 Å². The van der Waals surface area contributed by atoms with Crippen molar-refractivity contribution in [1.82, 2.24) is 10.3 Å². The van der Waals surface area contributed by atoms with Crippen molar-refractivity contribution in [3.05, 3.63) is 15.6 Å². The van der Waals surface area contributed by atoms with Crippen LogP contribution in [0.2, 0.25) is 0 Å². The fourth-order valence-electron chi connectivity index (χ4n) is 2.74. The number of nitrogens with zero attached hydrogens (tertiary/aromatic N) is 1. The summed E-state index contributed by atoms with van der Waals surface area (Å²) in [6, 6.07) is 0. The molecule has 1 N–H and O–H groups in total. The molecule has 3 heteroatoms. The average Bonchev–Trinajstić information content (AvgIpc) is 3.08. The zero-order valence-corrected chi connectivity index (χ0v) is 13.9. The van der Waals surface area contributed by atoms with Gasteiger partial charge in [-0.25, -0.2) is 4.98 Å². The molecule has 19 heavy (non-hydrogen) atoms. The van der Waals surface area contributed by atoms with Gasteiger partial charge in [0, 0.05) is 17.8 Å². The molecule has 0 saturated heterocycles. The Morgan fingerprint density at radius 1 is 1.37 bits per heavy atom. The van der Waals surface area contributed by atoms with E-state index < -0.39 is 0 Å². The van der Waals surface area contributed by atoms with Gasteiger partial charge in [0.15, 0.2) is 0 Å². The van der Waals surface area contributed by atoms with E-state index in [9.17, 15) is 0 Å². The van der Waals surface area contributed by atoms with E-state index in [1.54, 1.807) is 0 Å². The summed E-state index contributed by atoms with van der Waals surface area (Å²) in [6.45, 7) is 13.6. The lowest BCUT2D eigenvalue weighted by atomic mass is 9.81. The van der Waals surface area contributed by atoms with Crippen molar-refractivity contribution in [3.63, 3.8) is 0 Å². The summed E-state index contributed by atoms with van der Waals surface area (Å²) in [7, 11) is 0. The molecule has 0 amide bonds. The van der Waals surface area contributed by atoms with Gasteiger partial charge >= 0.3 is 0 Å². The molecule has 1 saturated carbocycles. The van der Waals surface area contributed by atoms with Crippen LogP contribution in [0.3, 0.4) is 0 Å². The van der Waals surface area contributed by atoms with Crippen molar-refractivity contribution in [2.75, 3.05) is 13.1 Å². The molecule has 2 rings (SSSR count). The topological polar surface area (TPSA) is 24.9 Å². The lowest BCUT2D eigenvalue weighted by Crippen LogP contribution is -2.37. The number of nitrogens with one attached hydrogen (secondary N) is 1. The molecule has 1 aromatic rings. The van der Waals surface area contributed by atoms with Crippen LogP contribution >= 0.6 is 11.3 Å². The molecule has 1 aliphatic rings. The number of hydrogen-bond donors (Lipinski definition) is 1. The molecule has 1 fully saturated rings. The van der Waals surface area contributed by atoms with Gasteiger partial charge in [-0.15, -0.1) is 11.3 Å². The average molecular weight is 280 g/mol. The lowest BCUT2D eigenvalue weighted by molar-refractivity contribution is 0.251. The molecular weight excluding hydrogens is 252 g/mol. The summed E-state index contributed by atoms with van der Waals surface area (Å²) in [5, 5.41) is 4.99. The van der Waals surface area contributed by atoms with Crippen LogP contribution in [0.25, 0.3) is 0 Å². The Balaban J connectivity index is 1.98. The number of aryl methyl sites for hydroxylation is 2. The molecule has 0 spiro atoms. The molecule has 1 atom stereocenters. The van der Waals surface area contributed by atoms with Crippen molar-refractivity contribution >= 4 is 11.3 Å². The standard InChI is InChI=1S/C16H28N2S/c1-11(2)9-17-10-16(5,14-6-7-14)8-15-18-12(3)13(4)19-15/h11,14,17H,6-10H2,1-5H3. The molecule has 0 aromatic carbocycles. The van der Waals surface area contributed by atoms with Gasteiger partial charge in [0.2, 0.25) is 0 Å². The lowest BCUT2D eigenvalue weighted by Gasteiger charge is -2.29. The van der Waals surface area contributed by atoms with Gasteiger partial charge in [-0.1, -0.05) is 20.8 Å². The first kappa shape index (κ1) is 15.0. The molecule has 0 aliphatic heterocycles. The fourth-order valence-corrected chi connectivity index (χ4v) is 3.87. The van der Waals surface area contributed by atoms with Crippen LogP contribution in [-0.4, -0.2) is 18.1 Å². The Bertz CT molecular complexity index is 401. The summed E-state index contributed by atoms with van der Waals surface area (Å²) >= 11 is 1.89. The predicted octanol–water partition coefficient (Wildman–Crippen LogP) is 3.96. The minimum atomic E-state index is 0.394. The Labute approximate surface area is 122 Å². The zero-order chi connectivity index (χ0) is 14.0. The molecule has 1 aliphatic carbocycles. The van der Waals surface area contributed by atoms with Gasteiger partial charge in [0.25, 0.3) is 0 Å². The molecule has 1 heterocycles. The minimum absolute atomic E-state index is 0.394. The maximum absolute atomic E-state index is 4.74. The van der Waals surface area contributed by atoms with Gasteiger partial charge in [-0.2, -0.15) is 0 Å². The van der Waals surface area contributed by atoms with E-state index in [-0.39, 0.29) is 0 Å². The number of aromatic nitrogens is 1. The van der Waals surface area contributed by atoms with Crippen LogP contribution in [0.4, 0.5) is 0 Å².